The van der Waals surface area contributed by atoms with Crippen molar-refractivity contribution in [1.82, 2.24) is 4.90 Å². The van der Waals surface area contributed by atoms with Crippen LogP contribution in [0.2, 0.25) is 5.02 Å². The van der Waals surface area contributed by atoms with Crippen LogP contribution in [-0.4, -0.2) is 30.5 Å². The van der Waals surface area contributed by atoms with Gasteiger partial charge in [0.1, 0.15) is 5.75 Å². The van der Waals surface area contributed by atoms with Gasteiger partial charge in [-0.2, -0.15) is 0 Å². The van der Waals surface area contributed by atoms with E-state index in [1.165, 1.54) is 6.42 Å². The summed E-state index contributed by atoms with van der Waals surface area (Å²) >= 11 is 6.21. The molecule has 1 aliphatic heterocycles. The summed E-state index contributed by atoms with van der Waals surface area (Å²) in [6.07, 6.45) is 1.19. The fourth-order valence-electron chi connectivity index (χ4n) is 3.46. The maximum Gasteiger partial charge on any atom is 0.260 e. The third-order valence-corrected chi connectivity index (χ3v) is 4.73. The molecule has 0 aromatic heterocycles. The zero-order chi connectivity index (χ0) is 16.4. The molecule has 2 atom stereocenters. The topological polar surface area (TPSA) is 29.5 Å². The second-order valence-electron chi connectivity index (χ2n) is 6.62. The van der Waals surface area contributed by atoms with Crippen LogP contribution in [0.1, 0.15) is 20.3 Å². The molecule has 0 N–H and O–H groups in total. The van der Waals surface area contributed by atoms with Crippen molar-refractivity contribution < 1.29 is 9.53 Å². The van der Waals surface area contributed by atoms with Crippen LogP contribution < -0.4 is 4.74 Å². The van der Waals surface area contributed by atoms with E-state index in [1.54, 1.807) is 0 Å². The molecule has 3 nitrogen and oxygen atoms in total. The minimum Gasteiger partial charge on any atom is -0.483 e. The largest absolute Gasteiger partial charge is 0.483 e. The van der Waals surface area contributed by atoms with Gasteiger partial charge < -0.3 is 9.64 Å². The van der Waals surface area contributed by atoms with Crippen molar-refractivity contribution in [3.05, 3.63) is 41.4 Å². The van der Waals surface area contributed by atoms with Crippen LogP contribution in [0.5, 0.6) is 5.75 Å². The van der Waals surface area contributed by atoms with Gasteiger partial charge in [-0.3, -0.25) is 4.79 Å². The lowest BCUT2D eigenvalue weighted by molar-refractivity contribution is -0.136. The Kier molecular flexibility index (Phi) is 4.76. The summed E-state index contributed by atoms with van der Waals surface area (Å²) in [6, 6.07) is 11.5. The van der Waals surface area contributed by atoms with Crippen LogP contribution in [0, 0.1) is 11.8 Å². The summed E-state index contributed by atoms with van der Waals surface area (Å²) in [5.74, 6) is 1.87. The Morgan fingerprint density at radius 1 is 1.13 bits per heavy atom. The summed E-state index contributed by atoms with van der Waals surface area (Å²) in [5.41, 5.74) is 0. The number of fused-ring (bicyclic) bond motifs is 1. The van der Waals surface area contributed by atoms with E-state index in [0.717, 1.165) is 23.9 Å². The number of likely N-dealkylation sites (tertiary alicyclic amines) is 1. The number of hydrogen-bond donors (Lipinski definition) is 0. The lowest BCUT2D eigenvalue weighted by Gasteiger charge is -2.34. The van der Waals surface area contributed by atoms with E-state index in [9.17, 15) is 4.79 Å². The highest BCUT2D eigenvalue weighted by Gasteiger charge is 2.25. The number of carbonyl (C=O) groups excluding carboxylic acids is 1. The van der Waals surface area contributed by atoms with Crippen molar-refractivity contribution in [2.24, 2.45) is 11.8 Å². The van der Waals surface area contributed by atoms with Gasteiger partial charge in [0.15, 0.2) is 6.61 Å². The zero-order valence-electron chi connectivity index (χ0n) is 13.6. The third kappa shape index (κ3) is 3.61. The fourth-order valence-corrected chi connectivity index (χ4v) is 3.69. The minimum atomic E-state index is 0.0578. The predicted octanol–water partition coefficient (Wildman–Crippen LogP) is 4.38. The quantitative estimate of drug-likeness (QED) is 0.835. The number of carbonyl (C=O) groups is 1. The Hall–Kier alpha value is -1.74. The van der Waals surface area contributed by atoms with Gasteiger partial charge in [-0.25, -0.2) is 0 Å². The molecule has 122 valence electrons. The van der Waals surface area contributed by atoms with Crippen LogP contribution in [0.25, 0.3) is 10.8 Å². The molecule has 1 aliphatic rings. The molecule has 0 aliphatic carbocycles. The SMILES string of the molecule is C[C@@H]1C[C@@H](C)CN(C(=O)COc2ccc(Cl)c3ccccc23)C1. The van der Waals surface area contributed by atoms with Gasteiger partial charge in [-0.05, 0) is 30.4 Å². The Morgan fingerprint density at radius 2 is 1.78 bits per heavy atom. The van der Waals surface area contributed by atoms with Crippen molar-refractivity contribution in [2.45, 2.75) is 20.3 Å². The highest BCUT2D eigenvalue weighted by atomic mass is 35.5. The molecule has 0 bridgehead atoms. The lowest BCUT2D eigenvalue weighted by atomic mass is 9.92. The number of piperidine rings is 1. The van der Waals surface area contributed by atoms with Gasteiger partial charge in [0.05, 0.1) is 0 Å². The third-order valence-electron chi connectivity index (χ3n) is 4.40. The van der Waals surface area contributed by atoms with Gasteiger partial charge in [-0.1, -0.05) is 49.7 Å². The first kappa shape index (κ1) is 16.1. The molecule has 0 unspecified atom stereocenters. The van der Waals surface area contributed by atoms with Crippen LogP contribution in [0.15, 0.2) is 36.4 Å². The van der Waals surface area contributed by atoms with Crippen LogP contribution in [0.3, 0.4) is 0 Å². The van der Waals surface area contributed by atoms with E-state index in [0.29, 0.717) is 22.6 Å². The first-order chi connectivity index (χ1) is 11.0. The number of benzene rings is 2. The number of hydrogen-bond acceptors (Lipinski definition) is 2. The number of halogens is 1. The molecule has 4 heteroatoms. The fraction of sp³-hybridized carbons (Fsp3) is 0.421. The second kappa shape index (κ2) is 6.79. The Morgan fingerprint density at radius 3 is 2.48 bits per heavy atom. The van der Waals surface area contributed by atoms with Gasteiger partial charge in [-0.15, -0.1) is 0 Å². The Bertz CT molecular complexity index is 706. The predicted molar refractivity (Wildman–Crippen MR) is 94.0 cm³/mol. The first-order valence-corrected chi connectivity index (χ1v) is 8.50. The number of rotatable bonds is 3. The van der Waals surface area contributed by atoms with Crippen LogP contribution in [0.4, 0.5) is 0 Å². The molecule has 1 fully saturated rings. The highest BCUT2D eigenvalue weighted by molar-refractivity contribution is 6.35. The monoisotopic (exact) mass is 331 g/mol. The molecule has 2 aromatic rings. The van der Waals surface area contributed by atoms with Crippen LogP contribution in [-0.2, 0) is 4.79 Å². The van der Waals surface area contributed by atoms with E-state index in [1.807, 2.05) is 41.3 Å². The molecule has 1 heterocycles. The van der Waals surface area contributed by atoms with E-state index in [4.69, 9.17) is 16.3 Å². The molecule has 0 radical (unpaired) electrons. The summed E-state index contributed by atoms with van der Waals surface area (Å²) in [6.45, 7) is 6.12. The molecule has 3 rings (SSSR count). The van der Waals surface area contributed by atoms with E-state index in [2.05, 4.69) is 13.8 Å². The van der Waals surface area contributed by atoms with Crippen molar-refractivity contribution in [2.75, 3.05) is 19.7 Å². The molecule has 1 saturated heterocycles. The van der Waals surface area contributed by atoms with Crippen molar-refractivity contribution >= 4 is 28.3 Å². The normalized spacial score (nSPS) is 21.4. The maximum absolute atomic E-state index is 12.4. The smallest absolute Gasteiger partial charge is 0.260 e. The number of amides is 1. The van der Waals surface area contributed by atoms with Crippen molar-refractivity contribution in [1.29, 1.82) is 0 Å². The van der Waals surface area contributed by atoms with Crippen molar-refractivity contribution in [3.8, 4) is 5.75 Å². The summed E-state index contributed by atoms with van der Waals surface area (Å²) in [4.78, 5) is 14.4. The van der Waals surface area contributed by atoms with Crippen LogP contribution >= 0.6 is 11.6 Å². The molecule has 2 aromatic carbocycles. The van der Waals surface area contributed by atoms with Gasteiger partial charge in [0.2, 0.25) is 0 Å². The van der Waals surface area contributed by atoms with E-state index < -0.39 is 0 Å². The minimum absolute atomic E-state index is 0.0578. The lowest BCUT2D eigenvalue weighted by Crippen LogP contribution is -2.44. The van der Waals surface area contributed by atoms with E-state index >= 15 is 0 Å². The Labute approximate surface area is 142 Å². The number of nitrogens with zero attached hydrogens (tertiary/aromatic N) is 1. The van der Waals surface area contributed by atoms with Gasteiger partial charge in [0.25, 0.3) is 5.91 Å². The summed E-state index contributed by atoms with van der Waals surface area (Å²) < 4.78 is 5.81. The second-order valence-corrected chi connectivity index (χ2v) is 7.03. The average Bonchev–Trinajstić information content (AvgIpc) is 2.53. The molecule has 0 saturated carbocycles. The van der Waals surface area contributed by atoms with Crippen molar-refractivity contribution in [3.63, 3.8) is 0 Å². The Balaban J connectivity index is 1.71. The average molecular weight is 332 g/mol. The molecule has 23 heavy (non-hydrogen) atoms. The van der Waals surface area contributed by atoms with E-state index in [-0.39, 0.29) is 12.5 Å². The number of ether oxygens (including phenoxy) is 1. The standard InChI is InChI=1S/C19H22ClNO2/c1-13-9-14(2)11-21(10-13)19(22)12-23-18-8-7-17(20)15-5-3-4-6-16(15)18/h3-8,13-14H,9-12H2,1-2H3/t13-,14-/m1/s1. The highest BCUT2D eigenvalue weighted by Crippen LogP contribution is 2.31. The summed E-state index contributed by atoms with van der Waals surface area (Å²) in [7, 11) is 0. The summed E-state index contributed by atoms with van der Waals surface area (Å²) in [5, 5.41) is 2.57. The zero-order valence-corrected chi connectivity index (χ0v) is 14.3. The molecular formula is C19H22ClNO2. The van der Waals surface area contributed by atoms with Gasteiger partial charge in [0, 0.05) is 28.9 Å². The molecular weight excluding hydrogens is 310 g/mol. The maximum atomic E-state index is 12.4. The molecule has 0 spiro atoms. The first-order valence-electron chi connectivity index (χ1n) is 8.12. The van der Waals surface area contributed by atoms with Gasteiger partial charge >= 0.3 is 0 Å². The molecule has 1 amide bonds.